The number of alkyl carbamates (subject to hydrolysis) is 1. The number of aliphatic hydroxyl groups excluding tert-OH is 2. The molecule has 0 spiro atoms. The number of carbonyl (C=O) groups excluding carboxylic acids is 1. The first-order chi connectivity index (χ1) is 15.9. The Labute approximate surface area is 205 Å². The lowest BCUT2D eigenvalue weighted by molar-refractivity contribution is -0.141. The zero-order valence-corrected chi connectivity index (χ0v) is 21.8. The molecule has 196 valence electrons. The number of benzene rings is 1. The second kappa shape index (κ2) is 14.2. The van der Waals surface area contributed by atoms with Gasteiger partial charge in [0.25, 0.3) is 0 Å². The summed E-state index contributed by atoms with van der Waals surface area (Å²) in [4.78, 5) is 12.2. The minimum Gasteiger partial charge on any atom is -0.444 e. The normalized spacial score (nSPS) is 13.1. The topological polar surface area (TPSA) is 78.8 Å². The fraction of sp³-hybridized carbons (Fsp3) is 0.720. The highest BCUT2D eigenvalue weighted by atomic mass is 32.2. The second-order valence-electron chi connectivity index (χ2n) is 9.34. The van der Waals surface area contributed by atoms with Gasteiger partial charge in [0.1, 0.15) is 5.60 Å². The Balaban J connectivity index is 3.31. The van der Waals surface area contributed by atoms with Crippen molar-refractivity contribution in [3.8, 4) is 0 Å². The van der Waals surface area contributed by atoms with Gasteiger partial charge < -0.3 is 20.3 Å². The molecule has 1 aromatic carbocycles. The Hall–Kier alpha value is -1.45. The van der Waals surface area contributed by atoms with Crippen molar-refractivity contribution in [3.63, 3.8) is 0 Å². The first-order valence-corrected chi connectivity index (χ1v) is 13.0. The van der Waals surface area contributed by atoms with E-state index in [2.05, 4.69) is 12.2 Å². The smallest absolute Gasteiger partial charge is 0.417 e. The third-order valence-corrected chi connectivity index (χ3v) is 6.58. The van der Waals surface area contributed by atoms with Crippen LogP contribution in [-0.4, -0.2) is 27.7 Å². The highest BCUT2D eigenvalue weighted by Crippen LogP contribution is 2.44. The first-order valence-electron chi connectivity index (χ1n) is 12.0. The maximum Gasteiger partial charge on any atom is 0.417 e. The van der Waals surface area contributed by atoms with E-state index in [4.69, 9.17) is 4.74 Å². The minimum atomic E-state index is -4.73. The van der Waals surface area contributed by atoms with Crippen molar-refractivity contribution in [2.24, 2.45) is 0 Å². The molecule has 0 aromatic heterocycles. The molecule has 1 amide bonds. The molecule has 1 unspecified atom stereocenters. The van der Waals surface area contributed by atoms with Gasteiger partial charge in [-0.25, -0.2) is 4.79 Å². The number of halogens is 3. The van der Waals surface area contributed by atoms with Crippen LogP contribution in [-0.2, 0) is 24.1 Å². The summed E-state index contributed by atoms with van der Waals surface area (Å²) in [5.74, 6) is 0.486. The van der Waals surface area contributed by atoms with Crippen LogP contribution in [0, 0.1) is 0 Å². The average Bonchev–Trinajstić information content (AvgIpc) is 2.74. The van der Waals surface area contributed by atoms with Gasteiger partial charge in [-0.2, -0.15) is 13.2 Å². The Bertz CT molecular complexity index is 779. The van der Waals surface area contributed by atoms with Crippen molar-refractivity contribution in [3.05, 3.63) is 28.3 Å². The standard InChI is InChI=1S/C25H40F3NO4S/c1-6-8-9-10-11-12-13-34-22-17(15-30)14-18(19(16-31)21(22)25(26,27)28)20(7-2)29-23(32)33-24(3,4)5/h14,20,30-31H,6-13,15-16H2,1-5H3,(H,29,32). The fourth-order valence-corrected chi connectivity index (χ4v) is 5.00. The van der Waals surface area contributed by atoms with Gasteiger partial charge in [0.2, 0.25) is 0 Å². The van der Waals surface area contributed by atoms with Gasteiger partial charge in [-0.15, -0.1) is 11.8 Å². The van der Waals surface area contributed by atoms with E-state index in [0.717, 1.165) is 50.3 Å². The number of hydrogen-bond acceptors (Lipinski definition) is 5. The summed E-state index contributed by atoms with van der Waals surface area (Å²) >= 11 is 1.07. The van der Waals surface area contributed by atoms with Crippen LogP contribution >= 0.6 is 11.8 Å². The Kier molecular flexibility index (Phi) is 12.8. The molecule has 0 fully saturated rings. The molecular weight excluding hydrogens is 467 g/mol. The van der Waals surface area contributed by atoms with Crippen molar-refractivity contribution < 1.29 is 32.9 Å². The average molecular weight is 508 g/mol. The van der Waals surface area contributed by atoms with Crippen LogP contribution in [0.2, 0.25) is 0 Å². The SMILES string of the molecule is CCCCCCCCSc1c(CO)cc(C(CC)NC(=O)OC(C)(C)C)c(CO)c1C(F)(F)F. The number of thioether (sulfide) groups is 1. The number of hydrogen-bond donors (Lipinski definition) is 3. The monoisotopic (exact) mass is 507 g/mol. The van der Waals surface area contributed by atoms with E-state index in [1.807, 2.05) is 0 Å². The summed E-state index contributed by atoms with van der Waals surface area (Å²) in [6.45, 7) is 7.49. The lowest BCUT2D eigenvalue weighted by Crippen LogP contribution is -2.35. The van der Waals surface area contributed by atoms with E-state index < -0.39 is 42.7 Å². The molecule has 1 atom stereocenters. The Morgan fingerprint density at radius 3 is 2.18 bits per heavy atom. The number of rotatable bonds is 13. The lowest BCUT2D eigenvalue weighted by atomic mass is 9.91. The molecule has 0 saturated carbocycles. The number of amides is 1. The van der Waals surface area contributed by atoms with Gasteiger partial charge in [0, 0.05) is 4.90 Å². The van der Waals surface area contributed by atoms with Crippen LogP contribution in [0.3, 0.4) is 0 Å². The zero-order valence-electron chi connectivity index (χ0n) is 21.0. The summed E-state index contributed by atoms with van der Waals surface area (Å²) in [7, 11) is 0. The number of ether oxygens (including phenoxy) is 1. The lowest BCUT2D eigenvalue weighted by Gasteiger charge is -2.27. The van der Waals surface area contributed by atoms with E-state index in [9.17, 15) is 28.2 Å². The molecule has 9 heteroatoms. The highest BCUT2D eigenvalue weighted by molar-refractivity contribution is 7.99. The van der Waals surface area contributed by atoms with E-state index >= 15 is 0 Å². The molecule has 3 N–H and O–H groups in total. The van der Waals surface area contributed by atoms with Gasteiger partial charge in [-0.05, 0) is 62.1 Å². The van der Waals surface area contributed by atoms with Crippen molar-refractivity contribution >= 4 is 17.9 Å². The minimum absolute atomic E-state index is 0.0523. The molecule has 0 heterocycles. The second-order valence-corrected chi connectivity index (χ2v) is 10.5. The van der Waals surface area contributed by atoms with Gasteiger partial charge in [-0.3, -0.25) is 0 Å². The van der Waals surface area contributed by atoms with Crippen molar-refractivity contribution in [2.75, 3.05) is 5.75 Å². The quantitative estimate of drug-likeness (QED) is 0.196. The fourth-order valence-electron chi connectivity index (χ4n) is 3.75. The predicted molar refractivity (Wildman–Crippen MR) is 130 cm³/mol. The van der Waals surface area contributed by atoms with E-state index in [1.165, 1.54) is 6.07 Å². The van der Waals surface area contributed by atoms with Crippen LogP contribution in [0.1, 0.15) is 108 Å². The molecule has 0 bridgehead atoms. The maximum atomic E-state index is 14.2. The molecule has 1 rings (SSSR count). The number of nitrogens with one attached hydrogen (secondary N) is 1. The van der Waals surface area contributed by atoms with Gasteiger partial charge in [-0.1, -0.05) is 46.0 Å². The maximum absolute atomic E-state index is 14.2. The molecule has 34 heavy (non-hydrogen) atoms. The molecular formula is C25H40F3NO4S. The van der Waals surface area contributed by atoms with Gasteiger partial charge >= 0.3 is 12.3 Å². The molecule has 0 radical (unpaired) electrons. The first kappa shape index (κ1) is 30.6. The van der Waals surface area contributed by atoms with Crippen LogP contribution in [0.15, 0.2) is 11.0 Å². The number of aliphatic hydroxyl groups is 2. The van der Waals surface area contributed by atoms with Crippen LogP contribution < -0.4 is 5.32 Å². The molecule has 0 aliphatic heterocycles. The largest absolute Gasteiger partial charge is 0.444 e. The zero-order chi connectivity index (χ0) is 25.9. The molecule has 0 saturated heterocycles. The van der Waals surface area contributed by atoms with Gasteiger partial charge in [0.05, 0.1) is 24.8 Å². The van der Waals surface area contributed by atoms with Crippen LogP contribution in [0.5, 0.6) is 0 Å². The Morgan fingerprint density at radius 1 is 1.06 bits per heavy atom. The van der Waals surface area contributed by atoms with Crippen molar-refractivity contribution in [1.82, 2.24) is 5.32 Å². The highest BCUT2D eigenvalue weighted by Gasteiger charge is 2.39. The number of carbonyl (C=O) groups is 1. The number of unbranched alkanes of at least 4 members (excludes halogenated alkanes) is 5. The molecule has 0 aliphatic carbocycles. The van der Waals surface area contributed by atoms with Gasteiger partial charge in [0.15, 0.2) is 0 Å². The van der Waals surface area contributed by atoms with E-state index in [1.54, 1.807) is 27.7 Å². The van der Waals surface area contributed by atoms with E-state index in [-0.39, 0.29) is 28.0 Å². The molecule has 1 aromatic rings. The summed E-state index contributed by atoms with van der Waals surface area (Å²) in [6, 6.07) is 0.650. The Morgan fingerprint density at radius 2 is 1.68 bits per heavy atom. The van der Waals surface area contributed by atoms with Crippen molar-refractivity contribution in [2.45, 2.75) is 115 Å². The van der Waals surface area contributed by atoms with Crippen molar-refractivity contribution in [1.29, 1.82) is 0 Å². The third-order valence-electron chi connectivity index (χ3n) is 5.33. The third kappa shape index (κ3) is 9.66. The molecule has 5 nitrogen and oxygen atoms in total. The van der Waals surface area contributed by atoms with Crippen LogP contribution in [0.4, 0.5) is 18.0 Å². The summed E-state index contributed by atoms with van der Waals surface area (Å²) in [5.41, 5.74) is -1.71. The number of alkyl halides is 3. The predicted octanol–water partition coefficient (Wildman–Crippen LogP) is 7.12. The summed E-state index contributed by atoms with van der Waals surface area (Å²) in [6.07, 6.45) is 0.925. The van der Waals surface area contributed by atoms with Crippen LogP contribution in [0.25, 0.3) is 0 Å². The summed E-state index contributed by atoms with van der Waals surface area (Å²) < 4.78 is 48.0. The summed E-state index contributed by atoms with van der Waals surface area (Å²) in [5, 5.41) is 22.5. The molecule has 0 aliphatic rings. The van der Waals surface area contributed by atoms with E-state index in [0.29, 0.717) is 5.75 Å².